The molecule has 1 heterocycles. The summed E-state index contributed by atoms with van der Waals surface area (Å²) in [6.07, 6.45) is 0. The number of benzene rings is 3. The maximum absolute atomic E-state index is 11.8. The number of fused-ring (bicyclic) bond motifs is 4. The first-order valence-electron chi connectivity index (χ1n) is 8.65. The maximum atomic E-state index is 11.8. The van der Waals surface area contributed by atoms with Crippen LogP contribution in [-0.4, -0.2) is 34.8 Å². The van der Waals surface area contributed by atoms with Gasteiger partial charge in [-0.3, -0.25) is 14.1 Å². The van der Waals surface area contributed by atoms with Crippen LogP contribution >= 0.6 is 0 Å². The van der Waals surface area contributed by atoms with E-state index < -0.39 is 21.9 Å². The molecule has 148 valence electrons. The van der Waals surface area contributed by atoms with Gasteiger partial charge in [-0.25, -0.2) is 9.97 Å². The topological polar surface area (TPSA) is 166 Å². The fourth-order valence-corrected chi connectivity index (χ4v) is 4.24. The summed E-state index contributed by atoms with van der Waals surface area (Å²) in [5.74, 6) is -1.30. The molecule has 0 atom stereocenters. The summed E-state index contributed by atoms with van der Waals surface area (Å²) in [6, 6.07) is 10.2. The van der Waals surface area contributed by atoms with Gasteiger partial charge in [-0.15, -0.1) is 0 Å². The van der Waals surface area contributed by atoms with Crippen LogP contribution in [0.2, 0.25) is 0 Å². The molecular weight excluding hydrogens is 408 g/mol. The van der Waals surface area contributed by atoms with E-state index in [1.54, 1.807) is 24.3 Å². The Morgan fingerprint density at radius 1 is 0.800 bits per heavy atom. The maximum Gasteiger partial charge on any atom is 0.294 e. The van der Waals surface area contributed by atoms with E-state index in [1.807, 2.05) is 0 Å². The number of amides is 2. The third-order valence-electron chi connectivity index (χ3n) is 5.06. The van der Waals surface area contributed by atoms with Gasteiger partial charge >= 0.3 is 0 Å². The van der Waals surface area contributed by atoms with Crippen LogP contribution < -0.4 is 11.5 Å². The Bertz CT molecular complexity index is 1570. The molecule has 2 amide bonds. The fourth-order valence-electron chi connectivity index (χ4n) is 3.74. The van der Waals surface area contributed by atoms with Crippen molar-refractivity contribution in [3.8, 4) is 22.5 Å². The Morgan fingerprint density at radius 3 is 1.83 bits per heavy atom. The zero-order valence-corrected chi connectivity index (χ0v) is 15.9. The fraction of sp³-hybridized carbons (Fsp3) is 0. The van der Waals surface area contributed by atoms with E-state index in [0.717, 1.165) is 5.39 Å². The highest BCUT2D eigenvalue weighted by atomic mass is 32.2. The molecule has 5 rings (SSSR count). The van der Waals surface area contributed by atoms with E-state index in [4.69, 9.17) is 11.5 Å². The average Bonchev–Trinajstić information content (AvgIpc) is 2.99. The number of nitrogens with two attached hydrogens (primary N) is 2. The van der Waals surface area contributed by atoms with Crippen molar-refractivity contribution >= 4 is 43.7 Å². The minimum Gasteiger partial charge on any atom is -0.366 e. The van der Waals surface area contributed by atoms with Crippen LogP contribution in [0.15, 0.2) is 47.4 Å². The summed E-state index contributed by atoms with van der Waals surface area (Å²) in [4.78, 5) is 32.5. The molecule has 4 aromatic rings. The number of carbonyl (C=O) groups is 2. The smallest absolute Gasteiger partial charge is 0.294 e. The molecule has 30 heavy (non-hydrogen) atoms. The monoisotopic (exact) mass is 420 g/mol. The zero-order chi connectivity index (χ0) is 21.4. The third-order valence-corrected chi connectivity index (χ3v) is 5.91. The Balaban J connectivity index is 1.90. The molecule has 0 aliphatic heterocycles. The summed E-state index contributed by atoms with van der Waals surface area (Å²) in [6.45, 7) is 0. The zero-order valence-electron chi connectivity index (χ0n) is 15.1. The molecule has 1 aliphatic rings. The van der Waals surface area contributed by atoms with Gasteiger partial charge in [0.05, 0.1) is 27.3 Å². The predicted molar refractivity (Wildman–Crippen MR) is 108 cm³/mol. The van der Waals surface area contributed by atoms with Crippen molar-refractivity contribution < 1.29 is 22.6 Å². The number of rotatable bonds is 3. The number of hydrogen-bond donors (Lipinski definition) is 3. The second-order valence-electron chi connectivity index (χ2n) is 6.92. The van der Waals surface area contributed by atoms with E-state index >= 15 is 0 Å². The molecule has 1 aromatic heterocycles. The molecule has 3 aromatic carbocycles. The van der Waals surface area contributed by atoms with E-state index in [-0.39, 0.29) is 21.5 Å². The first kappa shape index (κ1) is 18.2. The van der Waals surface area contributed by atoms with Crippen molar-refractivity contribution in [3.05, 3.63) is 53.6 Å². The van der Waals surface area contributed by atoms with Crippen LogP contribution in [0.25, 0.3) is 44.3 Å². The number of aromatic nitrogens is 2. The molecule has 0 spiro atoms. The highest BCUT2D eigenvalue weighted by Crippen LogP contribution is 2.47. The predicted octanol–water partition coefficient (Wildman–Crippen LogP) is 1.87. The summed E-state index contributed by atoms with van der Waals surface area (Å²) < 4.78 is 32.3. The van der Waals surface area contributed by atoms with Crippen LogP contribution in [0.4, 0.5) is 0 Å². The first-order valence-corrected chi connectivity index (χ1v) is 10.1. The molecule has 9 nitrogen and oxygen atoms in total. The van der Waals surface area contributed by atoms with E-state index in [9.17, 15) is 22.6 Å². The van der Waals surface area contributed by atoms with E-state index in [0.29, 0.717) is 33.4 Å². The minimum absolute atomic E-state index is 0.214. The highest BCUT2D eigenvalue weighted by Gasteiger charge is 2.28. The van der Waals surface area contributed by atoms with Gasteiger partial charge in [-0.1, -0.05) is 0 Å². The highest BCUT2D eigenvalue weighted by molar-refractivity contribution is 7.85. The molecule has 0 fully saturated rings. The standard InChI is InChI=1S/C20H12N4O5S/c21-19(25)9-3-8-4-10(20(22)26)6-13-16(8)12(5-9)17-18(13)24-15-7-11(30(27,28)29)1-2-14(15)23-17/h1-7H,(H2,21,25)(H2,22,26)(H,27,28,29). The first-order chi connectivity index (χ1) is 14.1. The molecular formula is C20H12N4O5S. The van der Waals surface area contributed by atoms with Crippen LogP contribution in [0, 0.1) is 0 Å². The van der Waals surface area contributed by atoms with Crippen LogP contribution in [-0.2, 0) is 10.1 Å². The Labute approximate surface area is 169 Å². The number of carbonyl (C=O) groups excluding carboxylic acids is 2. The van der Waals surface area contributed by atoms with Gasteiger partial charge in [0.1, 0.15) is 0 Å². The molecule has 0 saturated carbocycles. The van der Waals surface area contributed by atoms with E-state index in [2.05, 4.69) is 9.97 Å². The van der Waals surface area contributed by atoms with Gasteiger partial charge in [0.15, 0.2) is 0 Å². The second kappa shape index (κ2) is 5.81. The van der Waals surface area contributed by atoms with Gasteiger partial charge < -0.3 is 11.5 Å². The molecule has 0 unspecified atom stereocenters. The van der Waals surface area contributed by atoms with Gasteiger partial charge in [0.25, 0.3) is 10.1 Å². The quantitative estimate of drug-likeness (QED) is 0.375. The normalized spacial score (nSPS) is 12.3. The van der Waals surface area contributed by atoms with Crippen LogP contribution in [0.3, 0.4) is 0 Å². The summed E-state index contributed by atoms with van der Waals surface area (Å²) in [7, 11) is -4.42. The molecule has 10 heteroatoms. The minimum atomic E-state index is -4.42. The number of nitrogens with zero attached hydrogens (tertiary/aromatic N) is 2. The lowest BCUT2D eigenvalue weighted by Crippen LogP contribution is -2.12. The Hall–Kier alpha value is -3.89. The van der Waals surface area contributed by atoms with Gasteiger partial charge in [0, 0.05) is 27.6 Å². The van der Waals surface area contributed by atoms with Crippen molar-refractivity contribution in [2.24, 2.45) is 11.5 Å². The third kappa shape index (κ3) is 2.55. The Kier molecular flexibility index (Phi) is 3.52. The van der Waals surface area contributed by atoms with Crippen molar-refractivity contribution in [2.45, 2.75) is 4.90 Å². The number of hydrogen-bond acceptors (Lipinski definition) is 6. The van der Waals surface area contributed by atoms with Crippen molar-refractivity contribution in [1.82, 2.24) is 9.97 Å². The summed E-state index contributed by atoms with van der Waals surface area (Å²) in [5.41, 5.74) is 14.1. The average molecular weight is 420 g/mol. The lowest BCUT2D eigenvalue weighted by molar-refractivity contribution is 0.0992. The number of primary amides is 2. The van der Waals surface area contributed by atoms with Crippen LogP contribution in [0.5, 0.6) is 0 Å². The molecule has 0 bridgehead atoms. The van der Waals surface area contributed by atoms with Crippen LogP contribution in [0.1, 0.15) is 20.7 Å². The van der Waals surface area contributed by atoms with Crippen molar-refractivity contribution in [1.29, 1.82) is 0 Å². The Morgan fingerprint density at radius 2 is 1.33 bits per heavy atom. The van der Waals surface area contributed by atoms with Gasteiger partial charge in [0.2, 0.25) is 11.8 Å². The lowest BCUT2D eigenvalue weighted by Gasteiger charge is -2.06. The second-order valence-corrected chi connectivity index (χ2v) is 8.34. The van der Waals surface area contributed by atoms with Gasteiger partial charge in [-0.2, -0.15) is 8.42 Å². The van der Waals surface area contributed by atoms with Crippen molar-refractivity contribution in [2.75, 3.05) is 0 Å². The SMILES string of the molecule is NC(=O)c1cc2c3c(cc(C(N)=O)cc3c1)-c1nc3cc(S(=O)(=O)O)ccc3nc1-2. The summed E-state index contributed by atoms with van der Waals surface area (Å²) >= 11 is 0. The molecule has 0 radical (unpaired) electrons. The molecule has 0 saturated heterocycles. The molecule has 5 N–H and O–H groups in total. The summed E-state index contributed by atoms with van der Waals surface area (Å²) in [5, 5.41) is 1.31. The van der Waals surface area contributed by atoms with Crippen molar-refractivity contribution in [3.63, 3.8) is 0 Å². The lowest BCUT2D eigenvalue weighted by atomic mass is 9.98. The molecule has 1 aliphatic carbocycles. The van der Waals surface area contributed by atoms with E-state index in [1.165, 1.54) is 18.2 Å². The largest absolute Gasteiger partial charge is 0.366 e. The van der Waals surface area contributed by atoms with Gasteiger partial charge in [-0.05, 0) is 47.9 Å².